The average Bonchev–Trinajstić information content (AvgIpc) is 2.78. The molecule has 0 spiro atoms. The summed E-state index contributed by atoms with van der Waals surface area (Å²) in [6.07, 6.45) is 3.30. The van der Waals surface area contributed by atoms with E-state index in [1.54, 1.807) is 35.9 Å². The second kappa shape index (κ2) is 5.13. The lowest BCUT2D eigenvalue weighted by Gasteiger charge is -2.01. The van der Waals surface area contributed by atoms with E-state index >= 15 is 0 Å². The summed E-state index contributed by atoms with van der Waals surface area (Å²) < 4.78 is 0. The molecule has 2 aromatic rings. The van der Waals surface area contributed by atoms with Crippen LogP contribution in [0, 0.1) is 18.3 Å². The third-order valence-electron chi connectivity index (χ3n) is 2.26. The molecule has 0 aliphatic carbocycles. The number of aromatic nitrogens is 1. The average molecular weight is 261 g/mol. The number of halogens is 1. The van der Waals surface area contributed by atoms with Crippen molar-refractivity contribution in [2.45, 2.75) is 6.92 Å². The number of rotatable bonds is 2. The molecule has 0 amide bonds. The summed E-state index contributed by atoms with van der Waals surface area (Å²) in [5.41, 5.74) is 1.27. The van der Waals surface area contributed by atoms with Crippen LogP contribution in [-0.4, -0.2) is 4.98 Å². The van der Waals surface area contributed by atoms with Crippen molar-refractivity contribution in [3.63, 3.8) is 0 Å². The lowest BCUT2D eigenvalue weighted by Crippen LogP contribution is -1.84. The highest BCUT2D eigenvalue weighted by atomic mass is 35.5. The molecule has 17 heavy (non-hydrogen) atoms. The summed E-state index contributed by atoms with van der Waals surface area (Å²) >= 11 is 7.85. The summed E-state index contributed by atoms with van der Waals surface area (Å²) in [6.45, 7) is 2.01. The summed E-state index contributed by atoms with van der Waals surface area (Å²) in [6, 6.07) is 9.63. The van der Waals surface area contributed by atoms with Crippen molar-refractivity contribution in [1.29, 1.82) is 5.26 Å². The Morgan fingerprint density at radius 3 is 2.53 bits per heavy atom. The van der Waals surface area contributed by atoms with E-state index in [1.807, 2.05) is 19.1 Å². The maximum absolute atomic E-state index is 9.21. The van der Waals surface area contributed by atoms with Gasteiger partial charge in [-0.2, -0.15) is 5.26 Å². The Morgan fingerprint density at radius 2 is 2.00 bits per heavy atom. The first-order chi connectivity index (χ1) is 8.22. The van der Waals surface area contributed by atoms with Gasteiger partial charge in [-0.3, -0.25) is 4.98 Å². The Hall–Kier alpha value is -1.63. The molecule has 0 radical (unpaired) electrons. The lowest BCUT2D eigenvalue weighted by molar-refractivity contribution is 1.32. The van der Waals surface area contributed by atoms with E-state index in [0.29, 0.717) is 10.6 Å². The van der Waals surface area contributed by atoms with Gasteiger partial charge in [0, 0.05) is 22.1 Å². The third kappa shape index (κ3) is 2.55. The molecule has 2 rings (SSSR count). The number of nitriles is 1. The Morgan fingerprint density at radius 1 is 1.29 bits per heavy atom. The molecular formula is C13H9ClN2S. The number of pyridine rings is 1. The fraction of sp³-hybridized carbons (Fsp3) is 0.0769. The fourth-order valence-electron chi connectivity index (χ4n) is 1.43. The molecule has 2 aromatic heterocycles. The quantitative estimate of drug-likeness (QED) is 0.763. The molecule has 0 saturated carbocycles. The van der Waals surface area contributed by atoms with Gasteiger partial charge in [0.1, 0.15) is 6.07 Å². The molecular weight excluding hydrogens is 252 g/mol. The van der Waals surface area contributed by atoms with Crippen molar-refractivity contribution >= 4 is 33.5 Å². The highest BCUT2D eigenvalue weighted by Gasteiger charge is 2.10. The van der Waals surface area contributed by atoms with Gasteiger partial charge in [0.05, 0.1) is 10.6 Å². The summed E-state index contributed by atoms with van der Waals surface area (Å²) in [5, 5.41) is 9.71. The van der Waals surface area contributed by atoms with Gasteiger partial charge in [0.15, 0.2) is 0 Å². The number of hydrogen-bond donors (Lipinski definition) is 0. The first kappa shape index (κ1) is 11.8. The maximum atomic E-state index is 9.21. The van der Waals surface area contributed by atoms with E-state index < -0.39 is 0 Å². The van der Waals surface area contributed by atoms with Crippen LogP contribution in [0.3, 0.4) is 0 Å². The van der Waals surface area contributed by atoms with Gasteiger partial charge in [-0.25, -0.2) is 0 Å². The Labute approximate surface area is 109 Å². The smallest absolute Gasteiger partial charge is 0.101 e. The maximum Gasteiger partial charge on any atom is 0.101 e. The van der Waals surface area contributed by atoms with Crippen molar-refractivity contribution in [2.24, 2.45) is 0 Å². The first-order valence-electron chi connectivity index (χ1n) is 4.99. The van der Waals surface area contributed by atoms with Crippen LogP contribution in [0.4, 0.5) is 0 Å². The van der Waals surface area contributed by atoms with Crippen LogP contribution in [0.15, 0.2) is 36.7 Å². The number of thiophene rings is 1. The topological polar surface area (TPSA) is 36.7 Å². The fourth-order valence-corrected chi connectivity index (χ4v) is 2.58. The molecule has 4 heteroatoms. The van der Waals surface area contributed by atoms with E-state index in [4.69, 9.17) is 11.6 Å². The van der Waals surface area contributed by atoms with Gasteiger partial charge < -0.3 is 0 Å². The molecule has 0 aliphatic heterocycles. The monoisotopic (exact) mass is 260 g/mol. The number of nitrogens with zero attached hydrogens (tertiary/aromatic N) is 2. The van der Waals surface area contributed by atoms with E-state index in [9.17, 15) is 5.26 Å². The number of allylic oxidation sites excluding steroid dienone is 1. The SMILES string of the molecule is Cc1ccc(/C(Cl)=C(/C#N)c2ccncc2)s1. The van der Waals surface area contributed by atoms with Crippen molar-refractivity contribution < 1.29 is 0 Å². The Balaban J connectivity index is 2.52. The van der Waals surface area contributed by atoms with E-state index in [1.165, 1.54) is 4.88 Å². The molecule has 0 fully saturated rings. The third-order valence-corrected chi connectivity index (χ3v) is 3.78. The van der Waals surface area contributed by atoms with Crippen molar-refractivity contribution in [2.75, 3.05) is 0 Å². The molecule has 84 valence electrons. The molecule has 0 N–H and O–H groups in total. The minimum absolute atomic E-state index is 0.482. The van der Waals surface area contributed by atoms with Crippen LogP contribution in [0.25, 0.3) is 10.6 Å². The Bertz CT molecular complexity index is 593. The summed E-state index contributed by atoms with van der Waals surface area (Å²) in [5.74, 6) is 0. The highest BCUT2D eigenvalue weighted by molar-refractivity contribution is 7.14. The second-order valence-electron chi connectivity index (χ2n) is 3.45. The summed E-state index contributed by atoms with van der Waals surface area (Å²) in [7, 11) is 0. The molecule has 0 unspecified atom stereocenters. The normalized spacial score (nSPS) is 11.8. The number of aryl methyl sites for hydroxylation is 1. The molecule has 0 aliphatic rings. The van der Waals surface area contributed by atoms with Crippen LogP contribution in [0.1, 0.15) is 15.3 Å². The van der Waals surface area contributed by atoms with Crippen LogP contribution >= 0.6 is 22.9 Å². The molecule has 0 bridgehead atoms. The van der Waals surface area contributed by atoms with Gasteiger partial charge in [0.2, 0.25) is 0 Å². The van der Waals surface area contributed by atoms with Crippen LogP contribution in [-0.2, 0) is 0 Å². The molecule has 0 aromatic carbocycles. The highest BCUT2D eigenvalue weighted by Crippen LogP contribution is 2.33. The van der Waals surface area contributed by atoms with Crippen molar-refractivity contribution in [1.82, 2.24) is 4.98 Å². The number of hydrogen-bond acceptors (Lipinski definition) is 3. The molecule has 2 nitrogen and oxygen atoms in total. The van der Waals surface area contributed by atoms with E-state index in [2.05, 4.69) is 11.1 Å². The van der Waals surface area contributed by atoms with E-state index in [0.717, 1.165) is 10.4 Å². The first-order valence-corrected chi connectivity index (χ1v) is 6.19. The van der Waals surface area contributed by atoms with Gasteiger partial charge >= 0.3 is 0 Å². The van der Waals surface area contributed by atoms with Crippen LogP contribution in [0.2, 0.25) is 0 Å². The zero-order chi connectivity index (χ0) is 12.3. The van der Waals surface area contributed by atoms with Gasteiger partial charge in [-0.15, -0.1) is 11.3 Å². The molecule has 0 saturated heterocycles. The van der Waals surface area contributed by atoms with Crippen molar-refractivity contribution in [3.05, 3.63) is 52.0 Å². The van der Waals surface area contributed by atoms with E-state index in [-0.39, 0.29) is 0 Å². The van der Waals surface area contributed by atoms with Gasteiger partial charge in [-0.1, -0.05) is 11.6 Å². The zero-order valence-corrected chi connectivity index (χ0v) is 10.7. The molecule has 2 heterocycles. The predicted molar refractivity (Wildman–Crippen MR) is 71.6 cm³/mol. The van der Waals surface area contributed by atoms with Gasteiger partial charge in [-0.05, 0) is 36.8 Å². The standard InChI is InChI=1S/C13H9ClN2S/c1-9-2-3-12(17-9)13(14)11(8-15)10-4-6-16-7-5-10/h2-7H,1H3/b13-11+. The zero-order valence-electron chi connectivity index (χ0n) is 9.14. The van der Waals surface area contributed by atoms with Crippen molar-refractivity contribution in [3.8, 4) is 6.07 Å². The minimum Gasteiger partial charge on any atom is -0.265 e. The largest absolute Gasteiger partial charge is 0.265 e. The second-order valence-corrected chi connectivity index (χ2v) is 5.11. The predicted octanol–water partition coefficient (Wildman–Crippen LogP) is 4.08. The minimum atomic E-state index is 0.482. The molecule has 0 atom stereocenters. The van der Waals surface area contributed by atoms with Gasteiger partial charge in [0.25, 0.3) is 0 Å². The summed E-state index contributed by atoms with van der Waals surface area (Å²) in [4.78, 5) is 6.01. The Kier molecular flexibility index (Phi) is 3.58. The van der Waals surface area contributed by atoms with Crippen LogP contribution in [0.5, 0.6) is 0 Å². The lowest BCUT2D eigenvalue weighted by atomic mass is 10.1. The van der Waals surface area contributed by atoms with Crippen LogP contribution < -0.4 is 0 Å².